The van der Waals surface area contributed by atoms with Crippen LogP contribution in [0.5, 0.6) is 0 Å². The summed E-state index contributed by atoms with van der Waals surface area (Å²) in [7, 11) is 0. The van der Waals surface area contributed by atoms with Crippen molar-refractivity contribution < 1.29 is 4.42 Å². The van der Waals surface area contributed by atoms with Crippen molar-refractivity contribution in [3.8, 4) is 17.2 Å². The molecule has 0 aliphatic heterocycles. The highest BCUT2D eigenvalue weighted by Gasteiger charge is 2.25. The number of fused-ring (bicyclic) bond motifs is 16. The van der Waals surface area contributed by atoms with Crippen LogP contribution in [-0.2, 0) is 0 Å². The van der Waals surface area contributed by atoms with Gasteiger partial charge in [-0.25, -0.2) is 9.97 Å². The molecule has 4 nitrogen and oxygen atoms in total. The number of aromatic nitrogens is 3. The Bertz CT molecular complexity index is 3400. The van der Waals surface area contributed by atoms with Crippen molar-refractivity contribution in [2.75, 3.05) is 0 Å². The van der Waals surface area contributed by atoms with Crippen LogP contribution < -0.4 is 0 Å². The van der Waals surface area contributed by atoms with Crippen molar-refractivity contribution in [2.24, 2.45) is 0 Å². The Morgan fingerprint density at radius 3 is 1.92 bits per heavy atom. The molecule has 0 unspecified atom stereocenters. The lowest BCUT2D eigenvalue weighted by Gasteiger charge is -2.11. The van der Waals surface area contributed by atoms with E-state index in [2.05, 4.69) is 132 Å². The molecule has 0 radical (unpaired) electrons. The highest BCUT2D eigenvalue weighted by atomic mass is 32.1. The molecule has 0 saturated heterocycles. The van der Waals surface area contributed by atoms with Crippen LogP contribution in [0.1, 0.15) is 0 Å². The lowest BCUT2D eigenvalue weighted by Crippen LogP contribution is -2.02. The summed E-state index contributed by atoms with van der Waals surface area (Å²) < 4.78 is 12.3. The van der Waals surface area contributed by atoms with Gasteiger partial charge >= 0.3 is 0 Å². The van der Waals surface area contributed by atoms with E-state index < -0.39 is 0 Å². The predicted octanol–water partition coefficient (Wildman–Crippen LogP) is 13.0. The van der Waals surface area contributed by atoms with E-state index in [1.807, 2.05) is 23.5 Å². The van der Waals surface area contributed by atoms with Gasteiger partial charge in [0.15, 0.2) is 0 Å². The number of hydrogen-bond acceptors (Lipinski definition) is 5. The van der Waals surface area contributed by atoms with E-state index in [0.717, 1.165) is 54.4 Å². The fraction of sp³-hybridized carbons (Fsp3) is 0. The molecule has 12 aromatic rings. The van der Waals surface area contributed by atoms with Crippen molar-refractivity contribution in [1.29, 1.82) is 0 Å². The van der Waals surface area contributed by atoms with Gasteiger partial charge in [-0.1, -0.05) is 97.1 Å². The molecule has 0 saturated carbocycles. The Morgan fingerprint density at radius 1 is 0.480 bits per heavy atom. The topological polar surface area (TPSA) is 43.9 Å². The highest BCUT2D eigenvalue weighted by molar-refractivity contribution is 7.27. The SMILES string of the molecule is c1ccc2c(c1)oc1ccc(-c3nc(-n4c5ccccc5c5c6ccccc6c6c7ccccc7sc6c54)nc4sc5ccccc5c34)cc12. The molecule has 0 fully saturated rings. The van der Waals surface area contributed by atoms with E-state index in [4.69, 9.17) is 14.4 Å². The van der Waals surface area contributed by atoms with Gasteiger partial charge in [0.25, 0.3) is 0 Å². The van der Waals surface area contributed by atoms with Crippen molar-refractivity contribution >= 4 is 118 Å². The number of rotatable bonds is 2. The van der Waals surface area contributed by atoms with Gasteiger partial charge in [0, 0.05) is 58.1 Å². The van der Waals surface area contributed by atoms with E-state index in [0.29, 0.717) is 5.95 Å². The lowest BCUT2D eigenvalue weighted by molar-refractivity contribution is 0.669. The fourth-order valence-corrected chi connectivity index (χ4v) is 10.5. The first kappa shape index (κ1) is 26.8. The minimum atomic E-state index is 0.677. The number of nitrogens with zero attached hydrogens (tertiary/aromatic N) is 3. The average Bonchev–Trinajstić information content (AvgIpc) is 3.93. The summed E-state index contributed by atoms with van der Waals surface area (Å²) in [4.78, 5) is 12.0. The van der Waals surface area contributed by atoms with Crippen LogP contribution >= 0.6 is 22.7 Å². The quantitative estimate of drug-likeness (QED) is 0.183. The number of benzene rings is 7. The third kappa shape index (κ3) is 3.49. The molecule has 6 heteroatoms. The largest absolute Gasteiger partial charge is 0.456 e. The van der Waals surface area contributed by atoms with Gasteiger partial charge in [0.2, 0.25) is 5.95 Å². The highest BCUT2D eigenvalue weighted by Crippen LogP contribution is 2.48. The second-order valence-electron chi connectivity index (χ2n) is 12.9. The first-order valence-corrected chi connectivity index (χ1v) is 18.3. The zero-order valence-corrected chi connectivity index (χ0v) is 28.0. The average molecular weight is 674 g/mol. The number of para-hydroxylation sites is 2. The molecular weight excluding hydrogens is 651 g/mol. The second kappa shape index (κ2) is 9.76. The summed E-state index contributed by atoms with van der Waals surface area (Å²) in [5.41, 5.74) is 5.98. The molecule has 0 spiro atoms. The van der Waals surface area contributed by atoms with E-state index in [1.165, 1.54) is 51.8 Å². The minimum Gasteiger partial charge on any atom is -0.456 e. The third-order valence-electron chi connectivity index (χ3n) is 10.2. The molecule has 0 N–H and O–H groups in total. The lowest BCUT2D eigenvalue weighted by atomic mass is 9.99. The molecule has 12 rings (SSSR count). The van der Waals surface area contributed by atoms with Crippen LogP contribution in [-0.4, -0.2) is 14.5 Å². The molecule has 0 bridgehead atoms. The summed E-state index contributed by atoms with van der Waals surface area (Å²) in [5.74, 6) is 0.677. The van der Waals surface area contributed by atoms with Crippen LogP contribution in [0.2, 0.25) is 0 Å². The molecule has 0 atom stereocenters. The van der Waals surface area contributed by atoms with Crippen LogP contribution in [0, 0.1) is 0 Å². The molecule has 5 heterocycles. The molecule has 0 amide bonds. The van der Waals surface area contributed by atoms with Gasteiger partial charge in [-0.05, 0) is 53.2 Å². The third-order valence-corrected chi connectivity index (χ3v) is 12.5. The van der Waals surface area contributed by atoms with E-state index in [9.17, 15) is 0 Å². The van der Waals surface area contributed by atoms with E-state index >= 15 is 0 Å². The standard InChI is InChI=1S/C44H23N3OS2/c1-2-13-27-26(12-1)37-28-14-3-7-17-32(28)47(41(37)42-38(27)29-15-5-9-19-35(29)49-42)44-45-40(39-30-16-6-10-20-36(30)50-43(39)46-44)24-21-22-34-31(23-24)25-11-4-8-18-33(25)48-34/h1-23H. The molecule has 0 aliphatic carbocycles. The maximum Gasteiger partial charge on any atom is 0.236 e. The minimum absolute atomic E-state index is 0.677. The molecule has 0 aliphatic rings. The normalized spacial score (nSPS) is 12.4. The maximum absolute atomic E-state index is 6.23. The van der Waals surface area contributed by atoms with Gasteiger partial charge in [-0.15, -0.1) is 22.7 Å². The van der Waals surface area contributed by atoms with Gasteiger partial charge in [-0.3, -0.25) is 4.57 Å². The zero-order valence-electron chi connectivity index (χ0n) is 26.3. The first-order chi connectivity index (χ1) is 24.8. The number of furan rings is 1. The van der Waals surface area contributed by atoms with Crippen LogP contribution in [0.15, 0.2) is 144 Å². The molecule has 5 aromatic heterocycles. The predicted molar refractivity (Wildman–Crippen MR) is 212 cm³/mol. The maximum atomic E-state index is 6.23. The Morgan fingerprint density at radius 2 is 1.10 bits per heavy atom. The van der Waals surface area contributed by atoms with Crippen LogP contribution in [0.25, 0.3) is 112 Å². The van der Waals surface area contributed by atoms with Crippen LogP contribution in [0.3, 0.4) is 0 Å². The van der Waals surface area contributed by atoms with E-state index in [1.54, 1.807) is 11.3 Å². The monoisotopic (exact) mass is 673 g/mol. The Kier molecular flexibility index (Phi) is 5.23. The summed E-state index contributed by atoms with van der Waals surface area (Å²) in [5, 5.41) is 12.0. The first-order valence-electron chi connectivity index (χ1n) is 16.7. The second-order valence-corrected chi connectivity index (χ2v) is 15.0. The van der Waals surface area contributed by atoms with Gasteiger partial charge in [0.05, 0.1) is 21.4 Å². The number of thiophene rings is 2. The molecular formula is C44H23N3OS2. The Balaban J connectivity index is 1.27. The zero-order chi connectivity index (χ0) is 32.5. The Hall–Kier alpha value is -6.08. The molecule has 232 valence electrons. The molecule has 50 heavy (non-hydrogen) atoms. The van der Waals surface area contributed by atoms with Gasteiger partial charge in [-0.2, -0.15) is 0 Å². The summed E-state index contributed by atoms with van der Waals surface area (Å²) in [6.07, 6.45) is 0. The number of hydrogen-bond donors (Lipinski definition) is 0. The van der Waals surface area contributed by atoms with E-state index in [-0.39, 0.29) is 0 Å². The van der Waals surface area contributed by atoms with Crippen molar-refractivity contribution in [3.63, 3.8) is 0 Å². The summed E-state index contributed by atoms with van der Waals surface area (Å²) in [6, 6.07) is 49.7. The Labute approximate surface area is 292 Å². The van der Waals surface area contributed by atoms with Crippen LogP contribution in [0.4, 0.5) is 0 Å². The van der Waals surface area contributed by atoms with Gasteiger partial charge < -0.3 is 4.42 Å². The smallest absolute Gasteiger partial charge is 0.236 e. The van der Waals surface area contributed by atoms with Gasteiger partial charge in [0.1, 0.15) is 16.0 Å². The summed E-state index contributed by atoms with van der Waals surface area (Å²) >= 11 is 3.59. The summed E-state index contributed by atoms with van der Waals surface area (Å²) in [6.45, 7) is 0. The fourth-order valence-electron chi connectivity index (χ4n) is 8.13. The van der Waals surface area contributed by atoms with Crippen molar-refractivity contribution in [1.82, 2.24) is 14.5 Å². The van der Waals surface area contributed by atoms with Crippen molar-refractivity contribution in [3.05, 3.63) is 140 Å². The van der Waals surface area contributed by atoms with Crippen molar-refractivity contribution in [2.45, 2.75) is 0 Å². The molecule has 7 aromatic carbocycles.